The molecule has 4 aromatic rings. The second-order valence-corrected chi connectivity index (χ2v) is 6.77. The topological polar surface area (TPSA) is 81.6 Å². The van der Waals surface area contributed by atoms with Crippen LogP contribution in [0, 0.1) is 11.6 Å². The van der Waals surface area contributed by atoms with Crippen molar-refractivity contribution in [2.75, 3.05) is 0 Å². The third kappa shape index (κ3) is 3.64. The molecular weight excluding hydrogens is 378 g/mol. The maximum atomic E-state index is 14.6. The van der Waals surface area contributed by atoms with Gasteiger partial charge in [-0.2, -0.15) is 10.2 Å². The SMILES string of the molecule is C[C@@H](n1cc(-c2cccnc2)cn1)[C@](O)(Cn1cncn1)c1ccc(F)cc1F. The maximum Gasteiger partial charge on any atom is 0.137 e. The van der Waals surface area contributed by atoms with Gasteiger partial charge in [0.1, 0.15) is 29.9 Å². The van der Waals surface area contributed by atoms with E-state index in [2.05, 4.69) is 20.2 Å². The number of aliphatic hydroxyl groups is 1. The van der Waals surface area contributed by atoms with Crippen LogP contribution in [0.3, 0.4) is 0 Å². The predicted octanol–water partition coefficient (Wildman–Crippen LogP) is 2.96. The van der Waals surface area contributed by atoms with Gasteiger partial charge in [-0.1, -0.05) is 12.1 Å². The minimum absolute atomic E-state index is 0.0553. The molecule has 0 aliphatic rings. The Bertz CT molecular complexity index is 1100. The Morgan fingerprint density at radius 2 is 1.97 bits per heavy atom. The van der Waals surface area contributed by atoms with Crippen molar-refractivity contribution in [1.29, 1.82) is 0 Å². The quantitative estimate of drug-likeness (QED) is 0.542. The van der Waals surface area contributed by atoms with Crippen molar-refractivity contribution in [3.05, 3.63) is 85.0 Å². The number of nitrogens with zero attached hydrogens (tertiary/aromatic N) is 6. The first kappa shape index (κ1) is 18.9. The van der Waals surface area contributed by atoms with E-state index in [1.54, 1.807) is 36.4 Å². The van der Waals surface area contributed by atoms with E-state index in [1.807, 2.05) is 12.1 Å². The zero-order valence-corrected chi connectivity index (χ0v) is 15.5. The highest BCUT2D eigenvalue weighted by Crippen LogP contribution is 2.37. The first-order valence-electron chi connectivity index (χ1n) is 8.92. The highest BCUT2D eigenvalue weighted by Gasteiger charge is 2.40. The second kappa shape index (κ2) is 7.51. The lowest BCUT2D eigenvalue weighted by Gasteiger charge is -2.34. The number of aromatic nitrogens is 6. The molecule has 0 bridgehead atoms. The van der Waals surface area contributed by atoms with Gasteiger partial charge in [0, 0.05) is 41.3 Å². The summed E-state index contributed by atoms with van der Waals surface area (Å²) >= 11 is 0. The summed E-state index contributed by atoms with van der Waals surface area (Å²) in [6.45, 7) is 1.61. The fourth-order valence-corrected chi connectivity index (χ4v) is 3.30. The van der Waals surface area contributed by atoms with E-state index in [-0.39, 0.29) is 12.1 Å². The van der Waals surface area contributed by atoms with Gasteiger partial charge >= 0.3 is 0 Å². The Hall–Kier alpha value is -3.46. The summed E-state index contributed by atoms with van der Waals surface area (Å²) in [6.07, 6.45) is 9.50. The first-order chi connectivity index (χ1) is 14.0. The van der Waals surface area contributed by atoms with E-state index in [0.717, 1.165) is 23.3 Å². The Kier molecular flexibility index (Phi) is 4.89. The Morgan fingerprint density at radius 3 is 2.66 bits per heavy atom. The summed E-state index contributed by atoms with van der Waals surface area (Å²) in [7, 11) is 0. The van der Waals surface area contributed by atoms with Gasteiger partial charge in [0.05, 0.1) is 18.8 Å². The molecule has 0 unspecified atom stereocenters. The number of benzene rings is 1. The summed E-state index contributed by atoms with van der Waals surface area (Å²) in [5, 5.41) is 20.0. The Balaban J connectivity index is 1.75. The fraction of sp³-hybridized carbons (Fsp3) is 0.200. The molecule has 4 rings (SSSR count). The maximum absolute atomic E-state index is 14.6. The van der Waals surface area contributed by atoms with Gasteiger partial charge < -0.3 is 5.11 Å². The van der Waals surface area contributed by atoms with Crippen LogP contribution in [0.15, 0.2) is 67.8 Å². The van der Waals surface area contributed by atoms with Gasteiger partial charge in [0.25, 0.3) is 0 Å². The van der Waals surface area contributed by atoms with Gasteiger partial charge in [-0.05, 0) is 19.1 Å². The molecule has 3 heterocycles. The molecule has 0 aliphatic heterocycles. The van der Waals surface area contributed by atoms with Crippen LogP contribution in [0.25, 0.3) is 11.1 Å². The molecule has 0 aliphatic carbocycles. The summed E-state index contributed by atoms with van der Waals surface area (Å²) in [4.78, 5) is 7.96. The zero-order chi connectivity index (χ0) is 20.4. The van der Waals surface area contributed by atoms with Gasteiger partial charge in [0.2, 0.25) is 0 Å². The lowest BCUT2D eigenvalue weighted by atomic mass is 9.86. The second-order valence-electron chi connectivity index (χ2n) is 6.77. The molecule has 0 fully saturated rings. The molecule has 3 aromatic heterocycles. The van der Waals surface area contributed by atoms with Gasteiger partial charge in [-0.3, -0.25) is 9.67 Å². The molecule has 0 spiro atoms. The normalized spacial score (nSPS) is 14.5. The van der Waals surface area contributed by atoms with Crippen LogP contribution >= 0.6 is 0 Å². The lowest BCUT2D eigenvalue weighted by Crippen LogP contribution is -2.40. The molecule has 0 saturated heterocycles. The van der Waals surface area contributed by atoms with Crippen molar-refractivity contribution < 1.29 is 13.9 Å². The van der Waals surface area contributed by atoms with E-state index in [9.17, 15) is 13.9 Å². The van der Waals surface area contributed by atoms with E-state index in [4.69, 9.17) is 0 Å². The van der Waals surface area contributed by atoms with Crippen molar-refractivity contribution in [1.82, 2.24) is 29.5 Å². The molecule has 148 valence electrons. The smallest absolute Gasteiger partial charge is 0.137 e. The molecule has 0 amide bonds. The highest BCUT2D eigenvalue weighted by atomic mass is 19.1. The van der Waals surface area contributed by atoms with Crippen LogP contribution in [-0.4, -0.2) is 34.6 Å². The van der Waals surface area contributed by atoms with Crippen molar-refractivity contribution in [3.8, 4) is 11.1 Å². The summed E-state index contributed by atoms with van der Waals surface area (Å²) in [6, 6.07) is 6.09. The number of pyridine rings is 1. The van der Waals surface area contributed by atoms with Crippen LogP contribution in [0.1, 0.15) is 18.5 Å². The summed E-state index contributed by atoms with van der Waals surface area (Å²) < 4.78 is 31.0. The van der Waals surface area contributed by atoms with E-state index < -0.39 is 23.3 Å². The molecule has 0 saturated carbocycles. The molecule has 29 heavy (non-hydrogen) atoms. The summed E-state index contributed by atoms with van der Waals surface area (Å²) in [5.41, 5.74) is -0.171. The third-order valence-electron chi connectivity index (χ3n) is 4.95. The van der Waals surface area contributed by atoms with Crippen molar-refractivity contribution >= 4 is 0 Å². The van der Waals surface area contributed by atoms with Crippen LogP contribution in [-0.2, 0) is 12.1 Å². The number of hydrogen-bond donors (Lipinski definition) is 1. The number of hydrogen-bond acceptors (Lipinski definition) is 5. The van der Waals surface area contributed by atoms with Gasteiger partial charge in [-0.15, -0.1) is 0 Å². The Labute approximate surface area is 165 Å². The predicted molar refractivity (Wildman–Crippen MR) is 100 cm³/mol. The average molecular weight is 396 g/mol. The van der Waals surface area contributed by atoms with Crippen LogP contribution in [0.2, 0.25) is 0 Å². The fourth-order valence-electron chi connectivity index (χ4n) is 3.30. The molecule has 2 atom stereocenters. The minimum Gasteiger partial charge on any atom is -0.381 e. The molecular formula is C20H18F2N6O. The minimum atomic E-state index is -1.77. The largest absolute Gasteiger partial charge is 0.381 e. The van der Waals surface area contributed by atoms with Crippen LogP contribution in [0.5, 0.6) is 0 Å². The highest BCUT2D eigenvalue weighted by molar-refractivity contribution is 5.60. The molecule has 1 aromatic carbocycles. The Morgan fingerprint density at radius 1 is 1.10 bits per heavy atom. The van der Waals surface area contributed by atoms with Crippen molar-refractivity contribution in [2.45, 2.75) is 25.1 Å². The molecule has 1 N–H and O–H groups in total. The lowest BCUT2D eigenvalue weighted by molar-refractivity contribution is -0.0368. The van der Waals surface area contributed by atoms with Gasteiger partial charge in [0.15, 0.2) is 0 Å². The molecule has 7 nitrogen and oxygen atoms in total. The van der Waals surface area contributed by atoms with Crippen LogP contribution in [0.4, 0.5) is 8.78 Å². The monoisotopic (exact) mass is 396 g/mol. The molecule has 9 heteroatoms. The first-order valence-corrected chi connectivity index (χ1v) is 8.92. The van der Waals surface area contributed by atoms with E-state index in [0.29, 0.717) is 0 Å². The van der Waals surface area contributed by atoms with Crippen LogP contribution < -0.4 is 0 Å². The number of rotatable bonds is 6. The van der Waals surface area contributed by atoms with E-state index in [1.165, 1.54) is 23.4 Å². The summed E-state index contributed by atoms with van der Waals surface area (Å²) in [5.74, 6) is -1.57. The van der Waals surface area contributed by atoms with Crippen molar-refractivity contribution in [3.63, 3.8) is 0 Å². The van der Waals surface area contributed by atoms with Gasteiger partial charge in [-0.25, -0.2) is 18.4 Å². The average Bonchev–Trinajstić information content (AvgIpc) is 3.40. The number of halogens is 2. The zero-order valence-electron chi connectivity index (χ0n) is 15.5. The third-order valence-corrected chi connectivity index (χ3v) is 4.95. The standard InChI is InChI=1S/C20H18F2N6O/c1-14(28-10-16(9-25-28)15-3-2-6-23-8-15)20(29,11-27-13-24-12-26-27)18-5-4-17(21)7-19(18)22/h2-10,12-14,29H,11H2,1H3/t14-,20-/m1/s1. The van der Waals surface area contributed by atoms with E-state index >= 15 is 0 Å². The van der Waals surface area contributed by atoms with Crippen molar-refractivity contribution in [2.24, 2.45) is 0 Å². The molecule has 0 radical (unpaired) electrons.